The fourth-order valence-corrected chi connectivity index (χ4v) is 5.36. The van der Waals surface area contributed by atoms with Gasteiger partial charge in [-0.15, -0.1) is 0 Å². The number of aryl methyl sites for hydroxylation is 1. The largest absolute Gasteiger partial charge is 0.497 e. The summed E-state index contributed by atoms with van der Waals surface area (Å²) in [6, 6.07) is 22.3. The molecule has 0 bridgehead atoms. The van der Waals surface area contributed by atoms with E-state index in [1.165, 1.54) is 43.5 Å². The van der Waals surface area contributed by atoms with Gasteiger partial charge in [0.05, 0.1) is 41.9 Å². The summed E-state index contributed by atoms with van der Waals surface area (Å²) in [4.78, 5) is 21.5. The number of amides is 1. The smallest absolute Gasteiger partial charge is 0.263 e. The quantitative estimate of drug-likeness (QED) is 0.135. The molecular weight excluding hydrogens is 587 g/mol. The number of halogens is 1. The van der Waals surface area contributed by atoms with E-state index in [-0.39, 0.29) is 41.1 Å². The van der Waals surface area contributed by atoms with Crippen LogP contribution in [0.2, 0.25) is 0 Å². The van der Waals surface area contributed by atoms with Crippen LogP contribution in [0.15, 0.2) is 89.8 Å². The van der Waals surface area contributed by atoms with Gasteiger partial charge in [-0.25, -0.2) is 22.8 Å². The van der Waals surface area contributed by atoms with Crippen molar-refractivity contribution in [3.63, 3.8) is 0 Å². The summed E-state index contributed by atoms with van der Waals surface area (Å²) in [5.41, 5.74) is 3.18. The fourth-order valence-electron chi connectivity index (χ4n) is 4.31. The molecule has 1 heterocycles. The summed E-state index contributed by atoms with van der Waals surface area (Å²) in [6.07, 6.45) is 0. The van der Waals surface area contributed by atoms with Gasteiger partial charge in [0.15, 0.2) is 11.6 Å². The van der Waals surface area contributed by atoms with Gasteiger partial charge in [-0.05, 0) is 72.6 Å². The molecule has 0 saturated carbocycles. The van der Waals surface area contributed by atoms with Gasteiger partial charge in [0.2, 0.25) is 5.91 Å². The number of benzene rings is 4. The number of ether oxygens (including phenoxy) is 1. The number of anilines is 5. The lowest BCUT2D eigenvalue weighted by Crippen LogP contribution is -2.22. The Kier molecular flexibility index (Phi) is 8.88. The lowest BCUT2D eigenvalue weighted by atomic mass is 10.2. The van der Waals surface area contributed by atoms with E-state index < -0.39 is 21.7 Å². The lowest BCUT2D eigenvalue weighted by Gasteiger charge is -2.15. The number of para-hydroxylation sites is 2. The zero-order valence-corrected chi connectivity index (χ0v) is 24.6. The minimum Gasteiger partial charge on any atom is -0.497 e. The van der Waals surface area contributed by atoms with Gasteiger partial charge in [0.1, 0.15) is 11.6 Å². The van der Waals surface area contributed by atoms with Gasteiger partial charge in [-0.1, -0.05) is 24.3 Å². The highest BCUT2D eigenvalue weighted by Crippen LogP contribution is 2.30. The van der Waals surface area contributed by atoms with Crippen LogP contribution in [0.3, 0.4) is 0 Å². The van der Waals surface area contributed by atoms with E-state index >= 15 is 0 Å². The summed E-state index contributed by atoms with van der Waals surface area (Å²) < 4.78 is 49.0. The van der Waals surface area contributed by atoms with Gasteiger partial charge in [-0.2, -0.15) is 0 Å². The number of fused-ring (bicyclic) bond motifs is 1. The number of aromatic nitrogens is 2. The van der Waals surface area contributed by atoms with E-state index in [9.17, 15) is 22.7 Å². The first-order valence-electron chi connectivity index (χ1n) is 13.4. The van der Waals surface area contributed by atoms with E-state index in [0.717, 1.165) is 5.56 Å². The summed E-state index contributed by atoms with van der Waals surface area (Å²) >= 11 is 0. The third-order valence-corrected chi connectivity index (χ3v) is 7.78. The van der Waals surface area contributed by atoms with Crippen LogP contribution in [0.5, 0.6) is 5.75 Å². The Morgan fingerprint density at radius 3 is 2.36 bits per heavy atom. The Labute approximate surface area is 253 Å². The Bertz CT molecular complexity index is 1930. The van der Waals surface area contributed by atoms with E-state index in [2.05, 4.69) is 30.6 Å². The molecule has 0 fully saturated rings. The molecule has 13 heteroatoms. The molecule has 11 nitrogen and oxygen atoms in total. The van der Waals surface area contributed by atoms with E-state index in [0.29, 0.717) is 28.0 Å². The summed E-state index contributed by atoms with van der Waals surface area (Å²) in [5.74, 6) is -0.463. The molecule has 44 heavy (non-hydrogen) atoms. The van der Waals surface area contributed by atoms with Crippen LogP contribution < -0.4 is 25.4 Å². The summed E-state index contributed by atoms with van der Waals surface area (Å²) in [5, 5.41) is 18.1. The predicted octanol–water partition coefficient (Wildman–Crippen LogP) is 5.17. The molecule has 0 radical (unpaired) electrons. The molecule has 5 aromatic rings. The van der Waals surface area contributed by atoms with Crippen molar-refractivity contribution in [2.45, 2.75) is 18.4 Å². The number of aliphatic hydroxyl groups excluding tert-OH is 1. The normalized spacial score (nSPS) is 11.2. The second-order valence-electron chi connectivity index (χ2n) is 9.78. The Morgan fingerprint density at radius 1 is 0.909 bits per heavy atom. The first-order valence-corrected chi connectivity index (χ1v) is 14.9. The van der Waals surface area contributed by atoms with Crippen molar-refractivity contribution in [1.82, 2.24) is 9.97 Å². The van der Waals surface area contributed by atoms with Crippen molar-refractivity contribution in [3.05, 3.63) is 102 Å². The first-order chi connectivity index (χ1) is 21.1. The molecule has 0 saturated heterocycles. The van der Waals surface area contributed by atoms with E-state index in [1.54, 1.807) is 55.5 Å². The number of hydrogen-bond acceptors (Lipinski definition) is 9. The van der Waals surface area contributed by atoms with Crippen LogP contribution in [0.4, 0.5) is 33.1 Å². The van der Waals surface area contributed by atoms with Crippen LogP contribution in [0, 0.1) is 12.7 Å². The lowest BCUT2D eigenvalue weighted by molar-refractivity contribution is -0.114. The zero-order valence-electron chi connectivity index (χ0n) is 23.8. The topological polar surface area (TPSA) is 155 Å². The van der Waals surface area contributed by atoms with Crippen LogP contribution >= 0.6 is 0 Å². The molecule has 5 N–H and O–H groups in total. The highest BCUT2D eigenvalue weighted by atomic mass is 32.2. The average molecular weight is 617 g/mol. The molecule has 0 atom stereocenters. The van der Waals surface area contributed by atoms with Gasteiger partial charge in [-0.3, -0.25) is 9.52 Å². The zero-order chi connectivity index (χ0) is 31.3. The SMILES string of the molecule is COc1cc(CO)cc(Nc2nc3ccccc3nc2NS(=O)(=O)c2cccc(NC(=O)CNc3ccc(C)cc3F)c2)c1. The van der Waals surface area contributed by atoms with Crippen molar-refractivity contribution < 1.29 is 27.4 Å². The molecule has 1 amide bonds. The minimum absolute atomic E-state index is 0.0733. The molecule has 226 valence electrons. The number of hydrogen-bond donors (Lipinski definition) is 5. The molecular formula is C31H29FN6O5S. The van der Waals surface area contributed by atoms with Gasteiger partial charge in [0.25, 0.3) is 10.0 Å². The highest BCUT2D eigenvalue weighted by molar-refractivity contribution is 7.92. The first kappa shape index (κ1) is 30.2. The highest BCUT2D eigenvalue weighted by Gasteiger charge is 2.20. The maximum absolute atomic E-state index is 14.1. The molecule has 5 rings (SSSR count). The second kappa shape index (κ2) is 12.9. The molecule has 0 unspecified atom stereocenters. The number of nitrogens with one attached hydrogen (secondary N) is 4. The number of nitrogens with zero attached hydrogens (tertiary/aromatic N) is 2. The number of methoxy groups -OCH3 is 1. The van der Waals surface area contributed by atoms with Crippen LogP contribution in [-0.2, 0) is 21.4 Å². The van der Waals surface area contributed by atoms with E-state index in [1.807, 2.05) is 0 Å². The maximum Gasteiger partial charge on any atom is 0.263 e. The number of sulfonamides is 1. The Morgan fingerprint density at radius 2 is 1.66 bits per heavy atom. The maximum atomic E-state index is 14.1. The van der Waals surface area contributed by atoms with Crippen molar-refractivity contribution in [2.75, 3.05) is 34.3 Å². The van der Waals surface area contributed by atoms with Gasteiger partial charge in [0, 0.05) is 17.4 Å². The van der Waals surface area contributed by atoms with Gasteiger partial charge >= 0.3 is 0 Å². The van der Waals surface area contributed by atoms with Gasteiger partial charge < -0.3 is 25.8 Å². The van der Waals surface area contributed by atoms with E-state index in [4.69, 9.17) is 4.74 Å². The van der Waals surface area contributed by atoms with Crippen molar-refractivity contribution in [3.8, 4) is 5.75 Å². The second-order valence-corrected chi connectivity index (χ2v) is 11.5. The number of aliphatic hydroxyl groups is 1. The summed E-state index contributed by atoms with van der Waals surface area (Å²) in [6.45, 7) is 1.29. The van der Waals surface area contributed by atoms with Crippen molar-refractivity contribution >= 4 is 55.7 Å². The molecule has 0 aliphatic heterocycles. The van der Waals surface area contributed by atoms with Crippen molar-refractivity contribution in [2.24, 2.45) is 0 Å². The number of carbonyl (C=O) groups excluding carboxylic acids is 1. The monoisotopic (exact) mass is 616 g/mol. The van der Waals surface area contributed by atoms with Crippen LogP contribution in [0.1, 0.15) is 11.1 Å². The fraction of sp³-hybridized carbons (Fsp3) is 0.129. The molecule has 4 aromatic carbocycles. The van der Waals surface area contributed by atoms with Crippen LogP contribution in [-0.4, -0.2) is 43.1 Å². The molecule has 0 aliphatic carbocycles. The average Bonchev–Trinajstić information content (AvgIpc) is 3.00. The van der Waals surface area contributed by atoms with Crippen LogP contribution in [0.25, 0.3) is 11.0 Å². The minimum atomic E-state index is -4.22. The number of carbonyl (C=O) groups is 1. The summed E-state index contributed by atoms with van der Waals surface area (Å²) in [7, 11) is -2.73. The standard InChI is InChI=1S/C31H29FN6O5S/c1-19-10-11-26(25(32)12-19)33-17-29(40)34-21-6-5-7-24(16-21)44(41,42)38-31-30(36-27-8-3-4-9-28(27)37-31)35-22-13-20(18-39)14-23(15-22)43-2/h3-16,33,39H,17-18H2,1-2H3,(H,34,40)(H,35,36)(H,37,38). The number of rotatable bonds is 11. The molecule has 0 spiro atoms. The molecule has 1 aromatic heterocycles. The Hall–Kier alpha value is -5.27. The molecule has 0 aliphatic rings. The third-order valence-electron chi connectivity index (χ3n) is 6.44. The predicted molar refractivity (Wildman–Crippen MR) is 167 cm³/mol. The Balaban J connectivity index is 1.38. The third kappa shape index (κ3) is 7.19. The van der Waals surface area contributed by atoms with Crippen molar-refractivity contribution in [1.29, 1.82) is 0 Å².